The molecule has 0 bridgehead atoms. The molecule has 0 aliphatic carbocycles. The van der Waals surface area contributed by atoms with Crippen LogP contribution in [0.25, 0.3) is 0 Å². The molecule has 2 heteroatoms. The second-order valence-electron chi connectivity index (χ2n) is 4.99. The molecule has 0 heterocycles. The molecular weight excluding hydrogens is 210 g/mol. The van der Waals surface area contributed by atoms with Crippen LogP contribution in [0.1, 0.15) is 52.0 Å². The Bertz CT molecular complexity index is 327. The Morgan fingerprint density at radius 3 is 2.24 bits per heavy atom. The van der Waals surface area contributed by atoms with Crippen molar-refractivity contribution >= 4 is 0 Å². The van der Waals surface area contributed by atoms with E-state index in [0.717, 1.165) is 18.6 Å². The normalized spacial score (nSPS) is 16.3. The first-order valence-corrected chi connectivity index (χ1v) is 6.53. The van der Waals surface area contributed by atoms with Crippen molar-refractivity contribution in [3.8, 4) is 5.75 Å². The fraction of sp³-hybridized carbons (Fsp3) is 0.600. The van der Waals surface area contributed by atoms with Crippen molar-refractivity contribution in [2.45, 2.75) is 52.1 Å². The SMILES string of the molecule is CCC(C)c1ccc(OC(C)(CC)CN)cc1. The Morgan fingerprint density at radius 2 is 1.82 bits per heavy atom. The molecule has 0 saturated carbocycles. The number of hydrogen-bond donors (Lipinski definition) is 1. The maximum absolute atomic E-state index is 5.94. The number of ether oxygens (including phenoxy) is 1. The van der Waals surface area contributed by atoms with Crippen molar-refractivity contribution in [2.75, 3.05) is 6.54 Å². The highest BCUT2D eigenvalue weighted by Crippen LogP contribution is 2.24. The monoisotopic (exact) mass is 235 g/mol. The highest BCUT2D eigenvalue weighted by Gasteiger charge is 2.21. The summed E-state index contributed by atoms with van der Waals surface area (Å²) < 4.78 is 5.94. The predicted molar refractivity (Wildman–Crippen MR) is 73.5 cm³/mol. The van der Waals surface area contributed by atoms with Gasteiger partial charge in [0.05, 0.1) is 0 Å². The second-order valence-corrected chi connectivity index (χ2v) is 4.99. The molecule has 0 fully saturated rings. The average molecular weight is 235 g/mol. The molecule has 1 aromatic rings. The lowest BCUT2D eigenvalue weighted by atomic mass is 9.98. The van der Waals surface area contributed by atoms with Gasteiger partial charge in [-0.25, -0.2) is 0 Å². The molecule has 0 saturated heterocycles. The summed E-state index contributed by atoms with van der Waals surface area (Å²) in [6.45, 7) is 9.14. The molecule has 0 amide bonds. The van der Waals surface area contributed by atoms with Gasteiger partial charge in [0.1, 0.15) is 11.4 Å². The van der Waals surface area contributed by atoms with E-state index in [1.165, 1.54) is 5.56 Å². The first-order valence-electron chi connectivity index (χ1n) is 6.53. The largest absolute Gasteiger partial charge is 0.486 e. The number of hydrogen-bond acceptors (Lipinski definition) is 2. The summed E-state index contributed by atoms with van der Waals surface area (Å²) in [6.07, 6.45) is 2.08. The first kappa shape index (κ1) is 14.0. The summed E-state index contributed by atoms with van der Waals surface area (Å²) in [5.74, 6) is 1.52. The van der Waals surface area contributed by atoms with E-state index >= 15 is 0 Å². The Hall–Kier alpha value is -1.02. The molecule has 17 heavy (non-hydrogen) atoms. The maximum Gasteiger partial charge on any atom is 0.120 e. The van der Waals surface area contributed by atoms with E-state index in [1.807, 2.05) is 12.1 Å². The summed E-state index contributed by atoms with van der Waals surface area (Å²) >= 11 is 0. The van der Waals surface area contributed by atoms with Crippen molar-refractivity contribution in [3.63, 3.8) is 0 Å². The molecule has 2 N–H and O–H groups in total. The standard InChI is InChI=1S/C15H25NO/c1-5-12(3)13-7-9-14(10-8-13)17-15(4,6-2)11-16/h7-10,12H,5-6,11,16H2,1-4H3. The zero-order valence-corrected chi connectivity index (χ0v) is 11.5. The quantitative estimate of drug-likeness (QED) is 0.816. The van der Waals surface area contributed by atoms with Crippen LogP contribution in [0.4, 0.5) is 0 Å². The number of benzene rings is 1. The fourth-order valence-electron chi connectivity index (χ4n) is 1.64. The predicted octanol–water partition coefficient (Wildman–Crippen LogP) is 3.71. The molecule has 96 valence electrons. The molecule has 2 unspecified atom stereocenters. The maximum atomic E-state index is 5.94. The van der Waals surface area contributed by atoms with Crippen molar-refractivity contribution < 1.29 is 4.74 Å². The van der Waals surface area contributed by atoms with Crippen LogP contribution in [0.15, 0.2) is 24.3 Å². The molecule has 0 aliphatic rings. The van der Waals surface area contributed by atoms with Crippen LogP contribution >= 0.6 is 0 Å². The third kappa shape index (κ3) is 3.74. The Labute approximate surface area is 105 Å². The van der Waals surface area contributed by atoms with Gasteiger partial charge in [-0.15, -0.1) is 0 Å². The van der Waals surface area contributed by atoms with Crippen LogP contribution in [0, 0.1) is 0 Å². The first-order chi connectivity index (χ1) is 8.04. The lowest BCUT2D eigenvalue weighted by molar-refractivity contribution is 0.0935. The third-order valence-corrected chi connectivity index (χ3v) is 3.61. The van der Waals surface area contributed by atoms with Gasteiger partial charge in [-0.1, -0.05) is 32.9 Å². The van der Waals surface area contributed by atoms with Gasteiger partial charge in [0.15, 0.2) is 0 Å². The summed E-state index contributed by atoms with van der Waals surface area (Å²) in [6, 6.07) is 8.39. The Kier molecular flexibility index (Phi) is 5.01. The minimum Gasteiger partial charge on any atom is -0.486 e. The minimum absolute atomic E-state index is 0.252. The van der Waals surface area contributed by atoms with Gasteiger partial charge >= 0.3 is 0 Å². The van der Waals surface area contributed by atoms with Gasteiger partial charge in [0, 0.05) is 6.54 Å². The molecule has 1 rings (SSSR count). The smallest absolute Gasteiger partial charge is 0.120 e. The minimum atomic E-state index is -0.252. The average Bonchev–Trinajstić information content (AvgIpc) is 2.38. The zero-order valence-electron chi connectivity index (χ0n) is 11.5. The van der Waals surface area contributed by atoms with Crippen molar-refractivity contribution in [2.24, 2.45) is 5.73 Å². The van der Waals surface area contributed by atoms with Crippen LogP contribution < -0.4 is 10.5 Å². The molecule has 2 atom stereocenters. The highest BCUT2D eigenvalue weighted by atomic mass is 16.5. The van der Waals surface area contributed by atoms with Crippen molar-refractivity contribution in [3.05, 3.63) is 29.8 Å². The van der Waals surface area contributed by atoms with Gasteiger partial charge in [0.2, 0.25) is 0 Å². The third-order valence-electron chi connectivity index (χ3n) is 3.61. The molecule has 2 nitrogen and oxygen atoms in total. The van der Waals surface area contributed by atoms with E-state index < -0.39 is 0 Å². The lowest BCUT2D eigenvalue weighted by Gasteiger charge is -2.28. The van der Waals surface area contributed by atoms with Gasteiger partial charge in [-0.3, -0.25) is 0 Å². The van der Waals surface area contributed by atoms with Crippen LogP contribution in [0.2, 0.25) is 0 Å². The van der Waals surface area contributed by atoms with Crippen LogP contribution in [-0.4, -0.2) is 12.1 Å². The van der Waals surface area contributed by atoms with Gasteiger partial charge in [-0.2, -0.15) is 0 Å². The topological polar surface area (TPSA) is 35.2 Å². The van der Waals surface area contributed by atoms with E-state index in [0.29, 0.717) is 12.5 Å². The summed E-state index contributed by atoms with van der Waals surface area (Å²) in [4.78, 5) is 0. The number of rotatable bonds is 6. The van der Waals surface area contributed by atoms with Crippen LogP contribution in [0.5, 0.6) is 5.75 Å². The Balaban J connectivity index is 2.74. The van der Waals surface area contributed by atoms with E-state index in [4.69, 9.17) is 10.5 Å². The molecule has 0 aliphatic heterocycles. The molecule has 0 spiro atoms. The molecular formula is C15H25NO. The number of nitrogens with two attached hydrogens (primary N) is 1. The van der Waals surface area contributed by atoms with E-state index in [2.05, 4.69) is 39.8 Å². The molecule has 1 aromatic carbocycles. The zero-order chi connectivity index (χ0) is 12.9. The Morgan fingerprint density at radius 1 is 1.24 bits per heavy atom. The van der Waals surface area contributed by atoms with Crippen molar-refractivity contribution in [1.29, 1.82) is 0 Å². The summed E-state index contributed by atoms with van der Waals surface area (Å²) in [5, 5.41) is 0. The summed E-state index contributed by atoms with van der Waals surface area (Å²) in [7, 11) is 0. The highest BCUT2D eigenvalue weighted by molar-refractivity contribution is 5.29. The van der Waals surface area contributed by atoms with Gasteiger partial charge in [0.25, 0.3) is 0 Å². The van der Waals surface area contributed by atoms with Gasteiger partial charge < -0.3 is 10.5 Å². The molecule has 0 radical (unpaired) electrons. The summed E-state index contributed by atoms with van der Waals surface area (Å²) in [5.41, 5.74) is 6.85. The lowest BCUT2D eigenvalue weighted by Crippen LogP contribution is -2.39. The van der Waals surface area contributed by atoms with Gasteiger partial charge in [-0.05, 0) is 43.4 Å². The second kappa shape index (κ2) is 6.06. The van der Waals surface area contributed by atoms with Crippen LogP contribution in [-0.2, 0) is 0 Å². The van der Waals surface area contributed by atoms with Crippen LogP contribution in [0.3, 0.4) is 0 Å². The van der Waals surface area contributed by atoms with Crippen molar-refractivity contribution in [1.82, 2.24) is 0 Å². The van der Waals surface area contributed by atoms with E-state index in [1.54, 1.807) is 0 Å². The van der Waals surface area contributed by atoms with E-state index in [-0.39, 0.29) is 5.60 Å². The fourth-order valence-corrected chi connectivity index (χ4v) is 1.64. The molecule has 0 aromatic heterocycles. The van der Waals surface area contributed by atoms with E-state index in [9.17, 15) is 0 Å².